The number of carbonyl (C=O) groups is 1. The number of thiophene rings is 1. The lowest BCUT2D eigenvalue weighted by Crippen LogP contribution is -2.23. The maximum Gasteiger partial charge on any atom is 0.220 e. The largest absolute Gasteiger partial charge is 0.358 e. The maximum atomic E-state index is 12.0. The van der Waals surface area contributed by atoms with Crippen molar-refractivity contribution in [3.63, 3.8) is 0 Å². The van der Waals surface area contributed by atoms with Gasteiger partial charge in [0.1, 0.15) is 0 Å². The summed E-state index contributed by atoms with van der Waals surface area (Å²) in [5.74, 6) is 0.105. The zero-order valence-electron chi connectivity index (χ0n) is 12.0. The predicted molar refractivity (Wildman–Crippen MR) is 87.5 cm³/mol. The molecule has 0 aliphatic heterocycles. The third-order valence-corrected chi connectivity index (χ3v) is 4.60. The van der Waals surface area contributed by atoms with Crippen LogP contribution in [-0.4, -0.2) is 10.9 Å². The van der Waals surface area contributed by atoms with E-state index in [9.17, 15) is 4.79 Å². The third kappa shape index (κ3) is 3.16. The van der Waals surface area contributed by atoms with Crippen molar-refractivity contribution in [2.24, 2.45) is 0 Å². The highest BCUT2D eigenvalue weighted by Gasteiger charge is 2.09. The Hall–Kier alpha value is -2.07. The molecule has 0 spiro atoms. The van der Waals surface area contributed by atoms with Crippen molar-refractivity contribution in [3.05, 3.63) is 57.9 Å². The smallest absolute Gasteiger partial charge is 0.220 e. The first kappa shape index (κ1) is 13.9. The Morgan fingerprint density at radius 1 is 1.24 bits per heavy atom. The Morgan fingerprint density at radius 2 is 2.10 bits per heavy atom. The number of aryl methyl sites for hydroxylation is 2. The van der Waals surface area contributed by atoms with E-state index >= 15 is 0 Å². The van der Waals surface area contributed by atoms with E-state index in [1.165, 1.54) is 15.8 Å². The standard InChI is InChI=1S/C17H18N2OS/c1-12-15(14-6-2-3-7-16(14)19-12)11-18-17(20)9-8-13-5-4-10-21-13/h2-7,10,19H,8-9,11H2,1H3,(H,18,20). The van der Waals surface area contributed by atoms with E-state index in [0.717, 1.165) is 17.6 Å². The van der Waals surface area contributed by atoms with Gasteiger partial charge in [0, 0.05) is 34.4 Å². The Balaban J connectivity index is 1.61. The molecule has 0 unspecified atom stereocenters. The Bertz CT molecular complexity index is 743. The van der Waals surface area contributed by atoms with Gasteiger partial charge in [-0.15, -0.1) is 11.3 Å². The summed E-state index contributed by atoms with van der Waals surface area (Å²) in [7, 11) is 0. The molecular formula is C17H18N2OS. The zero-order valence-corrected chi connectivity index (χ0v) is 12.8. The van der Waals surface area contributed by atoms with Gasteiger partial charge in [-0.3, -0.25) is 4.79 Å². The maximum absolute atomic E-state index is 12.0. The summed E-state index contributed by atoms with van der Waals surface area (Å²) < 4.78 is 0. The van der Waals surface area contributed by atoms with Gasteiger partial charge in [-0.1, -0.05) is 24.3 Å². The number of nitrogens with one attached hydrogen (secondary N) is 2. The third-order valence-electron chi connectivity index (χ3n) is 3.67. The number of rotatable bonds is 5. The van der Waals surface area contributed by atoms with Gasteiger partial charge in [0.2, 0.25) is 5.91 Å². The number of amides is 1. The number of H-pyrrole nitrogens is 1. The zero-order chi connectivity index (χ0) is 14.7. The molecule has 0 bridgehead atoms. The molecule has 3 nitrogen and oxygen atoms in total. The second-order valence-corrected chi connectivity index (χ2v) is 6.16. The summed E-state index contributed by atoms with van der Waals surface area (Å²) in [6, 6.07) is 12.3. The Kier molecular flexibility index (Phi) is 4.06. The van der Waals surface area contributed by atoms with Crippen LogP contribution in [0.4, 0.5) is 0 Å². The van der Waals surface area contributed by atoms with E-state index in [2.05, 4.69) is 28.5 Å². The van der Waals surface area contributed by atoms with E-state index in [0.29, 0.717) is 13.0 Å². The number of aromatic amines is 1. The van der Waals surface area contributed by atoms with Crippen molar-refractivity contribution in [2.75, 3.05) is 0 Å². The Morgan fingerprint density at radius 3 is 2.90 bits per heavy atom. The van der Waals surface area contributed by atoms with E-state index in [1.807, 2.05) is 30.5 Å². The number of benzene rings is 1. The van der Waals surface area contributed by atoms with Crippen molar-refractivity contribution in [2.45, 2.75) is 26.3 Å². The topological polar surface area (TPSA) is 44.9 Å². The Labute approximate surface area is 128 Å². The summed E-state index contributed by atoms with van der Waals surface area (Å²) in [6.45, 7) is 2.63. The van der Waals surface area contributed by atoms with Crippen LogP contribution in [0.2, 0.25) is 0 Å². The van der Waals surface area contributed by atoms with Gasteiger partial charge in [-0.05, 0) is 36.4 Å². The first-order valence-electron chi connectivity index (χ1n) is 7.09. The fourth-order valence-corrected chi connectivity index (χ4v) is 3.24. The van der Waals surface area contributed by atoms with Gasteiger partial charge in [0.25, 0.3) is 0 Å². The molecule has 0 aliphatic carbocycles. The van der Waals surface area contributed by atoms with Gasteiger partial charge in [-0.25, -0.2) is 0 Å². The van der Waals surface area contributed by atoms with Crippen LogP contribution in [0.15, 0.2) is 41.8 Å². The molecule has 0 radical (unpaired) electrons. The molecule has 0 saturated heterocycles. The quantitative estimate of drug-likeness (QED) is 0.739. The molecule has 3 rings (SSSR count). The molecule has 2 heterocycles. The van der Waals surface area contributed by atoms with Crippen molar-refractivity contribution >= 4 is 28.1 Å². The minimum atomic E-state index is 0.105. The second-order valence-electron chi connectivity index (χ2n) is 5.13. The second kappa shape index (κ2) is 6.14. The molecule has 0 atom stereocenters. The van der Waals surface area contributed by atoms with Crippen LogP contribution < -0.4 is 5.32 Å². The lowest BCUT2D eigenvalue weighted by atomic mass is 10.1. The fraction of sp³-hybridized carbons (Fsp3) is 0.235. The molecule has 0 fully saturated rings. The average Bonchev–Trinajstić information content (AvgIpc) is 3.10. The van der Waals surface area contributed by atoms with Gasteiger partial charge in [0.15, 0.2) is 0 Å². The van der Waals surface area contributed by atoms with E-state index in [1.54, 1.807) is 11.3 Å². The summed E-state index contributed by atoms with van der Waals surface area (Å²) in [6.07, 6.45) is 1.36. The number of carbonyl (C=O) groups excluding carboxylic acids is 1. The number of hydrogen-bond donors (Lipinski definition) is 2. The van der Waals surface area contributed by atoms with Crippen LogP contribution in [0.25, 0.3) is 10.9 Å². The molecule has 108 valence electrons. The van der Waals surface area contributed by atoms with Crippen LogP contribution in [0.1, 0.15) is 22.6 Å². The molecule has 4 heteroatoms. The monoisotopic (exact) mass is 298 g/mol. The molecule has 0 saturated carbocycles. The first-order chi connectivity index (χ1) is 10.2. The molecule has 21 heavy (non-hydrogen) atoms. The van der Waals surface area contributed by atoms with Crippen molar-refractivity contribution in [1.29, 1.82) is 0 Å². The van der Waals surface area contributed by atoms with Gasteiger partial charge in [0.05, 0.1) is 0 Å². The minimum Gasteiger partial charge on any atom is -0.358 e. The summed E-state index contributed by atoms with van der Waals surface area (Å²) in [5, 5.41) is 6.26. The molecule has 2 N–H and O–H groups in total. The molecule has 1 amide bonds. The summed E-state index contributed by atoms with van der Waals surface area (Å²) in [5.41, 5.74) is 3.42. The van der Waals surface area contributed by atoms with Crippen molar-refractivity contribution in [1.82, 2.24) is 10.3 Å². The van der Waals surface area contributed by atoms with Crippen LogP contribution in [0.5, 0.6) is 0 Å². The molecular weight excluding hydrogens is 280 g/mol. The highest BCUT2D eigenvalue weighted by Crippen LogP contribution is 2.21. The molecule has 2 aromatic heterocycles. The highest BCUT2D eigenvalue weighted by atomic mass is 32.1. The van der Waals surface area contributed by atoms with Crippen LogP contribution in [0.3, 0.4) is 0 Å². The van der Waals surface area contributed by atoms with Crippen LogP contribution in [0, 0.1) is 6.92 Å². The van der Waals surface area contributed by atoms with E-state index in [4.69, 9.17) is 0 Å². The summed E-state index contributed by atoms with van der Waals surface area (Å²) in [4.78, 5) is 16.6. The number of fused-ring (bicyclic) bond motifs is 1. The van der Waals surface area contributed by atoms with Gasteiger partial charge in [-0.2, -0.15) is 0 Å². The SMILES string of the molecule is Cc1[nH]c2ccccc2c1CNC(=O)CCc1cccs1. The molecule has 3 aromatic rings. The van der Waals surface area contributed by atoms with Crippen LogP contribution in [-0.2, 0) is 17.8 Å². The predicted octanol–water partition coefficient (Wildman–Crippen LogP) is 3.79. The molecule has 1 aromatic carbocycles. The first-order valence-corrected chi connectivity index (χ1v) is 7.97. The lowest BCUT2D eigenvalue weighted by Gasteiger charge is -2.05. The fourth-order valence-electron chi connectivity index (χ4n) is 2.53. The van der Waals surface area contributed by atoms with Crippen molar-refractivity contribution in [3.8, 4) is 0 Å². The van der Waals surface area contributed by atoms with Crippen molar-refractivity contribution < 1.29 is 4.79 Å². The van der Waals surface area contributed by atoms with Gasteiger partial charge >= 0.3 is 0 Å². The highest BCUT2D eigenvalue weighted by molar-refractivity contribution is 7.09. The molecule has 0 aliphatic rings. The normalized spacial score (nSPS) is 10.9. The number of hydrogen-bond acceptors (Lipinski definition) is 2. The van der Waals surface area contributed by atoms with Gasteiger partial charge < -0.3 is 10.3 Å². The minimum absolute atomic E-state index is 0.105. The number of para-hydroxylation sites is 1. The van der Waals surface area contributed by atoms with Crippen LogP contribution >= 0.6 is 11.3 Å². The van der Waals surface area contributed by atoms with E-state index < -0.39 is 0 Å². The summed E-state index contributed by atoms with van der Waals surface area (Å²) >= 11 is 1.70. The van der Waals surface area contributed by atoms with E-state index in [-0.39, 0.29) is 5.91 Å². The lowest BCUT2D eigenvalue weighted by molar-refractivity contribution is -0.121. The average molecular weight is 298 g/mol. The number of aromatic nitrogens is 1.